The van der Waals surface area contributed by atoms with Crippen molar-refractivity contribution in [3.8, 4) is 28.5 Å². The number of fused-ring (bicyclic) bond motifs is 1. The van der Waals surface area contributed by atoms with Gasteiger partial charge in [0.2, 0.25) is 11.9 Å². The Hall–Kier alpha value is -4.93. The molecule has 0 unspecified atom stereocenters. The van der Waals surface area contributed by atoms with Crippen LogP contribution in [0.15, 0.2) is 55.0 Å². The first-order valence-corrected chi connectivity index (χ1v) is 17.2. The largest absolute Gasteiger partial charge is 0.339 e. The number of hydrogen-bond donors (Lipinski definition) is 0. The molecule has 1 amide bonds. The fourth-order valence-electron chi connectivity index (χ4n) is 6.69. The summed E-state index contributed by atoms with van der Waals surface area (Å²) in [6, 6.07) is 13.0. The first kappa shape index (κ1) is 30.4. The Kier molecular flexibility index (Phi) is 7.77. The van der Waals surface area contributed by atoms with Crippen LogP contribution in [0.2, 0.25) is 0 Å². The number of carbonyl (C=O) groups is 1. The van der Waals surface area contributed by atoms with Crippen molar-refractivity contribution in [1.29, 1.82) is 5.26 Å². The van der Waals surface area contributed by atoms with E-state index in [-0.39, 0.29) is 11.7 Å². The van der Waals surface area contributed by atoms with E-state index in [4.69, 9.17) is 19.9 Å². The Balaban J connectivity index is 0.995. The smallest absolute Gasteiger partial charge is 0.228 e. The third kappa shape index (κ3) is 5.54. The lowest BCUT2D eigenvalue weighted by Gasteiger charge is -2.43. The molecule has 1 aromatic carbocycles. The van der Waals surface area contributed by atoms with E-state index in [0.717, 1.165) is 47.4 Å². The highest BCUT2D eigenvalue weighted by Gasteiger charge is 2.42. The number of carbonyl (C=O) groups excluding carboxylic acids is 1. The summed E-state index contributed by atoms with van der Waals surface area (Å²) in [6.45, 7) is 6.71. The number of rotatable bonds is 8. The van der Waals surface area contributed by atoms with Gasteiger partial charge < -0.3 is 14.7 Å². The molecule has 6 heterocycles. The van der Waals surface area contributed by atoms with Gasteiger partial charge in [-0.15, -0.1) is 0 Å². The highest BCUT2D eigenvalue weighted by Crippen LogP contribution is 2.38. The molecule has 8 rings (SSSR count). The summed E-state index contributed by atoms with van der Waals surface area (Å²) in [5.74, 6) is 1.63. The van der Waals surface area contributed by atoms with Crippen LogP contribution in [-0.4, -0.2) is 92.4 Å². The Bertz CT molecular complexity index is 2020. The number of thiazole rings is 1. The van der Waals surface area contributed by atoms with E-state index in [1.807, 2.05) is 52.0 Å². The molecular weight excluding hydrogens is 628 g/mol. The van der Waals surface area contributed by atoms with Crippen molar-refractivity contribution in [1.82, 2.24) is 34.1 Å². The Morgan fingerprint density at radius 2 is 1.71 bits per heavy atom. The third-order valence-electron chi connectivity index (χ3n) is 9.61. The van der Waals surface area contributed by atoms with E-state index in [9.17, 15) is 14.4 Å². The van der Waals surface area contributed by atoms with E-state index in [2.05, 4.69) is 22.8 Å². The summed E-state index contributed by atoms with van der Waals surface area (Å²) >= 11 is 1.29. The molecule has 0 atom stereocenters. The SMILES string of the molecule is CCc1nc2ccc(-c3cnc(N4CCN(C(=O)C5CN(C6CC6)C5)CC4)nc3)cn2c1N(C)c1nc(-c2ccc(F)cc2)c(C#N)s1. The Morgan fingerprint density at radius 3 is 2.38 bits per heavy atom. The van der Waals surface area contributed by atoms with Crippen LogP contribution in [0.4, 0.5) is 21.3 Å². The van der Waals surface area contributed by atoms with Crippen LogP contribution in [-0.2, 0) is 11.2 Å². The molecule has 11 nitrogen and oxygen atoms in total. The maximum absolute atomic E-state index is 13.6. The molecule has 244 valence electrons. The Morgan fingerprint density at radius 1 is 1.00 bits per heavy atom. The number of hydrogen-bond acceptors (Lipinski definition) is 10. The van der Waals surface area contributed by atoms with Gasteiger partial charge >= 0.3 is 0 Å². The number of nitriles is 1. The van der Waals surface area contributed by atoms with E-state index in [1.165, 1.54) is 36.3 Å². The summed E-state index contributed by atoms with van der Waals surface area (Å²) in [5.41, 5.74) is 4.71. The van der Waals surface area contributed by atoms with Crippen LogP contribution < -0.4 is 9.80 Å². The number of piperazine rings is 1. The molecule has 3 fully saturated rings. The van der Waals surface area contributed by atoms with Crippen molar-refractivity contribution in [3.05, 3.63) is 71.4 Å². The van der Waals surface area contributed by atoms with Gasteiger partial charge in [-0.3, -0.25) is 14.1 Å². The molecule has 48 heavy (non-hydrogen) atoms. The molecule has 13 heteroatoms. The van der Waals surface area contributed by atoms with E-state index >= 15 is 0 Å². The van der Waals surface area contributed by atoms with Gasteiger partial charge in [0, 0.05) is 87.6 Å². The first-order chi connectivity index (χ1) is 23.4. The number of aromatic nitrogens is 5. The average molecular weight is 663 g/mol. The molecule has 1 saturated carbocycles. The summed E-state index contributed by atoms with van der Waals surface area (Å²) in [6.07, 6.45) is 8.99. The highest BCUT2D eigenvalue weighted by atomic mass is 32.1. The number of nitrogens with zero attached hydrogens (tertiary/aromatic N) is 10. The van der Waals surface area contributed by atoms with Crippen molar-refractivity contribution in [3.63, 3.8) is 0 Å². The average Bonchev–Trinajstić information content (AvgIpc) is 3.72. The second-order valence-corrected chi connectivity index (χ2v) is 13.7. The minimum absolute atomic E-state index is 0.157. The number of anilines is 3. The van der Waals surface area contributed by atoms with Gasteiger partial charge in [-0.05, 0) is 55.7 Å². The van der Waals surface area contributed by atoms with Crippen molar-refractivity contribution in [2.24, 2.45) is 5.92 Å². The third-order valence-corrected chi connectivity index (χ3v) is 10.6. The zero-order valence-electron chi connectivity index (χ0n) is 26.9. The fourth-order valence-corrected chi connectivity index (χ4v) is 7.54. The molecule has 2 saturated heterocycles. The van der Waals surface area contributed by atoms with Crippen molar-refractivity contribution < 1.29 is 9.18 Å². The quantitative estimate of drug-likeness (QED) is 0.227. The number of benzene rings is 1. The maximum atomic E-state index is 13.6. The van der Waals surface area contributed by atoms with Gasteiger partial charge in [-0.2, -0.15) is 5.26 Å². The summed E-state index contributed by atoms with van der Waals surface area (Å²) in [5, 5.41) is 10.5. The standard InChI is InChI=1S/C35H35FN10OS/c1-3-28-32(42(2)35-41-31(29(16-37)48-35)22-4-7-26(36)8-5-22)46-21-23(6-11-30(46)40-28)24-17-38-34(39-18-24)44-14-12-43(13-15-44)33(47)25-19-45(20-25)27-9-10-27/h4-8,11,17-18,21,25,27H,3,9-10,12-15,19-20H2,1-2H3. The fraction of sp³-hybridized carbons (Fsp3) is 0.371. The van der Waals surface area contributed by atoms with E-state index in [1.54, 1.807) is 12.1 Å². The molecule has 5 aromatic rings. The lowest BCUT2D eigenvalue weighted by Crippen LogP contribution is -2.58. The second kappa shape index (κ2) is 12.3. The molecule has 3 aliphatic rings. The van der Waals surface area contributed by atoms with Gasteiger partial charge in [0.05, 0.1) is 11.6 Å². The molecule has 0 N–H and O–H groups in total. The lowest BCUT2D eigenvalue weighted by atomic mass is 9.98. The zero-order valence-corrected chi connectivity index (χ0v) is 27.7. The van der Waals surface area contributed by atoms with Crippen molar-refractivity contribution in [2.45, 2.75) is 32.2 Å². The normalized spacial score (nSPS) is 17.0. The molecule has 0 bridgehead atoms. The topological polar surface area (TPSA) is 110 Å². The minimum Gasteiger partial charge on any atom is -0.339 e. The van der Waals surface area contributed by atoms with Crippen LogP contribution in [0.1, 0.15) is 30.3 Å². The Labute approximate surface area is 281 Å². The van der Waals surface area contributed by atoms with Crippen LogP contribution >= 0.6 is 11.3 Å². The van der Waals surface area contributed by atoms with Crippen LogP contribution in [0.25, 0.3) is 28.0 Å². The monoisotopic (exact) mass is 662 g/mol. The summed E-state index contributed by atoms with van der Waals surface area (Å²) in [4.78, 5) is 41.1. The summed E-state index contributed by atoms with van der Waals surface area (Å²) < 4.78 is 15.6. The molecule has 4 aromatic heterocycles. The summed E-state index contributed by atoms with van der Waals surface area (Å²) in [7, 11) is 1.92. The number of pyridine rings is 1. The predicted octanol–water partition coefficient (Wildman–Crippen LogP) is 5.00. The van der Waals surface area contributed by atoms with E-state index < -0.39 is 0 Å². The highest BCUT2D eigenvalue weighted by molar-refractivity contribution is 7.16. The van der Waals surface area contributed by atoms with Gasteiger partial charge in [-0.1, -0.05) is 18.3 Å². The molecule has 0 radical (unpaired) electrons. The zero-order chi connectivity index (χ0) is 32.9. The van der Waals surface area contributed by atoms with Crippen LogP contribution in [0.3, 0.4) is 0 Å². The molecule has 0 spiro atoms. The van der Waals surface area contributed by atoms with E-state index in [0.29, 0.717) is 65.7 Å². The number of aryl methyl sites for hydroxylation is 1. The molecule has 2 aliphatic heterocycles. The first-order valence-electron chi connectivity index (χ1n) is 16.4. The second-order valence-electron chi connectivity index (χ2n) is 12.7. The lowest BCUT2D eigenvalue weighted by molar-refractivity contribution is -0.141. The number of imidazole rings is 1. The van der Waals surface area contributed by atoms with Gasteiger partial charge in [0.25, 0.3) is 0 Å². The van der Waals surface area contributed by atoms with Gasteiger partial charge in [-0.25, -0.2) is 24.3 Å². The molecular formula is C35H35FN10OS. The van der Waals surface area contributed by atoms with Crippen LogP contribution in [0.5, 0.6) is 0 Å². The van der Waals surface area contributed by atoms with Gasteiger partial charge in [0.1, 0.15) is 33.9 Å². The minimum atomic E-state index is -0.339. The number of likely N-dealkylation sites (tertiary alicyclic amines) is 1. The molecule has 1 aliphatic carbocycles. The maximum Gasteiger partial charge on any atom is 0.228 e. The van der Waals surface area contributed by atoms with Gasteiger partial charge in [0.15, 0.2) is 5.13 Å². The number of halogens is 1. The predicted molar refractivity (Wildman–Crippen MR) is 183 cm³/mol. The van der Waals surface area contributed by atoms with Crippen LogP contribution in [0, 0.1) is 23.1 Å². The van der Waals surface area contributed by atoms with Crippen molar-refractivity contribution >= 4 is 39.8 Å². The van der Waals surface area contributed by atoms with Crippen molar-refractivity contribution in [2.75, 3.05) is 56.1 Å². The number of amides is 1.